The number of fused-ring (bicyclic) bond motifs is 5. The highest BCUT2D eigenvalue weighted by Gasteiger charge is 2.46. The molecule has 1 aliphatic carbocycles. The first-order valence-corrected chi connectivity index (χ1v) is 10.8. The van der Waals surface area contributed by atoms with Gasteiger partial charge in [0.2, 0.25) is 5.43 Å². The van der Waals surface area contributed by atoms with Crippen LogP contribution in [0.2, 0.25) is 0 Å². The number of pyridine rings is 1. The van der Waals surface area contributed by atoms with Gasteiger partial charge in [-0.3, -0.25) is 14.4 Å². The summed E-state index contributed by atoms with van der Waals surface area (Å²) in [4.78, 5) is 40.2. The lowest BCUT2D eigenvalue weighted by molar-refractivity contribution is -0.170. The van der Waals surface area contributed by atoms with Crippen molar-refractivity contribution in [3.8, 4) is 5.75 Å². The van der Waals surface area contributed by atoms with Gasteiger partial charge in [0.05, 0.1) is 12.6 Å². The molecule has 3 atom stereocenters. The molecule has 8 nitrogen and oxygen atoms in total. The number of hydrogen-bond donors (Lipinski definition) is 2. The Morgan fingerprint density at radius 2 is 2.12 bits per heavy atom. The first-order chi connectivity index (χ1) is 15.3. The molecule has 3 aliphatic rings. The van der Waals surface area contributed by atoms with Gasteiger partial charge in [0.25, 0.3) is 11.8 Å². The second-order valence-corrected chi connectivity index (χ2v) is 8.74. The van der Waals surface area contributed by atoms with Crippen molar-refractivity contribution in [2.75, 3.05) is 0 Å². The molecule has 1 saturated heterocycles. The molecule has 0 radical (unpaired) electrons. The van der Waals surface area contributed by atoms with Gasteiger partial charge < -0.3 is 24.6 Å². The fourth-order valence-corrected chi connectivity index (χ4v) is 4.98. The number of carbonyl (C=O) groups is 2. The van der Waals surface area contributed by atoms with E-state index in [-0.39, 0.29) is 42.1 Å². The maximum Gasteiger partial charge on any atom is 0.276 e. The van der Waals surface area contributed by atoms with Crippen molar-refractivity contribution in [3.05, 3.63) is 62.8 Å². The third-order valence-corrected chi connectivity index (χ3v) is 6.59. The molecule has 0 spiro atoms. The van der Waals surface area contributed by atoms with E-state index in [0.717, 1.165) is 31.2 Å². The van der Waals surface area contributed by atoms with Crippen LogP contribution in [0.5, 0.6) is 5.75 Å². The minimum Gasteiger partial charge on any atom is -0.503 e. The molecule has 32 heavy (non-hydrogen) atoms. The molecule has 5 rings (SSSR count). The summed E-state index contributed by atoms with van der Waals surface area (Å²) >= 11 is 0. The van der Waals surface area contributed by atoms with Gasteiger partial charge in [-0.15, -0.1) is 0 Å². The van der Waals surface area contributed by atoms with Gasteiger partial charge in [0.15, 0.2) is 17.7 Å². The number of amides is 2. The van der Waals surface area contributed by atoms with Gasteiger partial charge in [-0.05, 0) is 44.2 Å². The third-order valence-electron chi connectivity index (χ3n) is 6.59. The van der Waals surface area contributed by atoms with E-state index in [4.69, 9.17) is 4.74 Å². The fraction of sp³-hybridized carbons (Fsp3) is 0.435. The Balaban J connectivity index is 1.43. The summed E-state index contributed by atoms with van der Waals surface area (Å²) in [6, 6.07) is 4.67. The van der Waals surface area contributed by atoms with Crippen LogP contribution < -0.4 is 10.7 Å². The number of ether oxygens (including phenoxy) is 1. The number of halogens is 1. The maximum atomic E-state index is 14.1. The molecule has 2 aromatic rings. The third kappa shape index (κ3) is 3.37. The maximum absolute atomic E-state index is 14.1. The summed E-state index contributed by atoms with van der Waals surface area (Å²) in [6.45, 7) is 1.86. The molecule has 1 saturated carbocycles. The minimum atomic E-state index is -0.927. The normalized spacial score (nSPS) is 24.0. The topological polar surface area (TPSA) is 101 Å². The zero-order chi connectivity index (χ0) is 22.6. The van der Waals surface area contributed by atoms with Gasteiger partial charge in [-0.2, -0.15) is 0 Å². The first kappa shape index (κ1) is 20.7. The van der Waals surface area contributed by atoms with Crippen molar-refractivity contribution >= 4 is 11.8 Å². The quantitative estimate of drug-likeness (QED) is 0.759. The average Bonchev–Trinajstić information content (AvgIpc) is 2.75. The van der Waals surface area contributed by atoms with E-state index in [9.17, 15) is 23.9 Å². The lowest BCUT2D eigenvalue weighted by Crippen LogP contribution is -2.60. The number of benzene rings is 1. The van der Waals surface area contributed by atoms with Crippen LogP contribution in [-0.2, 0) is 17.8 Å². The molecule has 9 heteroatoms. The van der Waals surface area contributed by atoms with Crippen LogP contribution in [0.15, 0.2) is 29.2 Å². The Labute approximate surface area is 183 Å². The van der Waals surface area contributed by atoms with E-state index in [0.29, 0.717) is 0 Å². The molecule has 2 N–H and O–H groups in total. The van der Waals surface area contributed by atoms with Gasteiger partial charge in [0.1, 0.15) is 11.4 Å². The summed E-state index contributed by atoms with van der Waals surface area (Å²) in [5.41, 5.74) is -0.331. The predicted molar refractivity (Wildman–Crippen MR) is 112 cm³/mol. The number of aromatic hydroxyl groups is 1. The van der Waals surface area contributed by atoms with E-state index < -0.39 is 35.0 Å². The summed E-state index contributed by atoms with van der Waals surface area (Å²) < 4.78 is 21.5. The highest BCUT2D eigenvalue weighted by molar-refractivity contribution is 5.99. The fourth-order valence-electron chi connectivity index (χ4n) is 4.98. The molecule has 3 heterocycles. The van der Waals surface area contributed by atoms with Gasteiger partial charge in [0, 0.05) is 24.3 Å². The molecule has 2 amide bonds. The monoisotopic (exact) mass is 441 g/mol. The first-order valence-electron chi connectivity index (χ1n) is 10.8. The predicted octanol–water partition coefficient (Wildman–Crippen LogP) is 2.05. The zero-order valence-electron chi connectivity index (χ0n) is 17.6. The Kier molecular flexibility index (Phi) is 5.00. The number of carbonyl (C=O) groups excluding carboxylic acids is 2. The summed E-state index contributed by atoms with van der Waals surface area (Å²) in [5.74, 6) is -2.42. The standard InChI is InChI=1S/C23H24FN3O5/c1-12-5-6-13(17(24)7-12)9-25-22(30)16-10-26-11-18-27(14-3-2-4-15(8-14)32-18)23(31)19(26)21(29)20(16)28/h5-7,10,14-15,18,29H,2-4,8-9,11H2,1H3,(H,25,30)/t14-,15+,18?/m1/s1. The van der Waals surface area contributed by atoms with E-state index in [1.165, 1.54) is 16.8 Å². The lowest BCUT2D eigenvalue weighted by atomic mass is 9.89. The molecule has 168 valence electrons. The van der Waals surface area contributed by atoms with E-state index in [2.05, 4.69) is 5.32 Å². The van der Waals surface area contributed by atoms with E-state index in [1.807, 2.05) is 0 Å². The second kappa shape index (κ2) is 7.74. The minimum absolute atomic E-state index is 0.0237. The molecule has 1 unspecified atom stereocenters. The van der Waals surface area contributed by atoms with Gasteiger partial charge >= 0.3 is 0 Å². The number of nitrogens with zero attached hydrogens (tertiary/aromatic N) is 2. The van der Waals surface area contributed by atoms with Gasteiger partial charge in [-0.25, -0.2) is 4.39 Å². The van der Waals surface area contributed by atoms with Crippen LogP contribution in [0, 0.1) is 12.7 Å². The summed E-state index contributed by atoms with van der Waals surface area (Å²) in [7, 11) is 0. The van der Waals surface area contributed by atoms with Crippen LogP contribution in [0.3, 0.4) is 0 Å². The molecule has 2 fully saturated rings. The van der Waals surface area contributed by atoms with Crippen LogP contribution >= 0.6 is 0 Å². The number of aromatic nitrogens is 1. The number of hydrogen-bond acceptors (Lipinski definition) is 5. The Morgan fingerprint density at radius 1 is 1.31 bits per heavy atom. The van der Waals surface area contributed by atoms with E-state index >= 15 is 0 Å². The van der Waals surface area contributed by atoms with E-state index in [1.54, 1.807) is 24.0 Å². The summed E-state index contributed by atoms with van der Waals surface area (Å²) in [6.07, 6.45) is 4.39. The molecular weight excluding hydrogens is 417 g/mol. The van der Waals surface area contributed by atoms with Crippen molar-refractivity contribution < 1.29 is 23.8 Å². The lowest BCUT2D eigenvalue weighted by Gasteiger charge is -2.50. The Bertz CT molecular complexity index is 1180. The number of nitrogens with one attached hydrogen (secondary N) is 1. The van der Waals surface area contributed by atoms with Crippen molar-refractivity contribution in [2.45, 2.75) is 64.1 Å². The smallest absolute Gasteiger partial charge is 0.276 e. The highest BCUT2D eigenvalue weighted by atomic mass is 19.1. The van der Waals surface area contributed by atoms with Crippen LogP contribution in [-0.4, -0.2) is 44.8 Å². The van der Waals surface area contributed by atoms with Crippen LogP contribution in [0.4, 0.5) is 4.39 Å². The van der Waals surface area contributed by atoms with Crippen LogP contribution in [0.25, 0.3) is 0 Å². The molecule has 1 aromatic carbocycles. The number of rotatable bonds is 3. The highest BCUT2D eigenvalue weighted by Crippen LogP contribution is 2.37. The number of aryl methyl sites for hydroxylation is 1. The molecule has 2 aliphatic heterocycles. The van der Waals surface area contributed by atoms with Crippen molar-refractivity contribution in [2.24, 2.45) is 0 Å². The summed E-state index contributed by atoms with van der Waals surface area (Å²) in [5, 5.41) is 13.1. The van der Waals surface area contributed by atoms with Crippen molar-refractivity contribution in [1.29, 1.82) is 0 Å². The van der Waals surface area contributed by atoms with Crippen molar-refractivity contribution in [1.82, 2.24) is 14.8 Å². The van der Waals surface area contributed by atoms with Gasteiger partial charge in [-0.1, -0.05) is 12.1 Å². The SMILES string of the molecule is Cc1ccc(CNC(=O)c2cn3c(c(O)c2=O)C(=O)N2C(C3)O[C@H]3CCC[C@@H]2C3)c(F)c1. The zero-order valence-corrected chi connectivity index (χ0v) is 17.6. The molecule has 1 aromatic heterocycles. The molecular formula is C23H24FN3O5. The largest absolute Gasteiger partial charge is 0.503 e. The Morgan fingerprint density at radius 3 is 2.91 bits per heavy atom. The second-order valence-electron chi connectivity index (χ2n) is 8.74. The Hall–Kier alpha value is -3.20. The van der Waals surface area contributed by atoms with Crippen LogP contribution in [0.1, 0.15) is 57.7 Å². The average molecular weight is 441 g/mol. The molecule has 2 bridgehead atoms. The van der Waals surface area contributed by atoms with Crippen molar-refractivity contribution in [3.63, 3.8) is 0 Å².